The monoisotopic (exact) mass is 744 g/mol. The Labute approximate surface area is 226 Å². The predicted molar refractivity (Wildman–Crippen MR) is 150 cm³/mol. The molecule has 0 atom stereocenters. The molecule has 0 bridgehead atoms. The van der Waals surface area contributed by atoms with Crippen LogP contribution in [0, 0.1) is 34.6 Å². The predicted octanol–water partition coefficient (Wildman–Crippen LogP) is 7.79. The van der Waals surface area contributed by atoms with Gasteiger partial charge in [0, 0.05) is 40.0 Å². The Balaban J connectivity index is -0.000000203. The molecule has 0 aliphatic carbocycles. The summed E-state index contributed by atoms with van der Waals surface area (Å²) in [6.45, 7) is 31.2. The average molecular weight is 743 g/mol. The first-order chi connectivity index (χ1) is 14.5. The molecule has 0 N–H and O–H groups in total. The van der Waals surface area contributed by atoms with E-state index >= 15 is 0 Å². The molecule has 2 radical (unpaired) electrons. The van der Waals surface area contributed by atoms with Crippen LogP contribution in [-0.4, -0.2) is 63.0 Å². The van der Waals surface area contributed by atoms with Crippen molar-refractivity contribution in [2.45, 2.75) is 78.9 Å². The molecule has 1 aromatic rings. The van der Waals surface area contributed by atoms with Crippen molar-refractivity contribution in [2.24, 2.45) is 0 Å². The van der Waals surface area contributed by atoms with Crippen LogP contribution in [-0.2, 0) is 33.8 Å². The van der Waals surface area contributed by atoms with Crippen LogP contribution in [0.4, 0.5) is 13.2 Å². The summed E-state index contributed by atoms with van der Waals surface area (Å²) in [5.41, 5.74) is 1.61. The van der Waals surface area contributed by atoms with Gasteiger partial charge in [-0.15, -0.1) is 0 Å². The fraction of sp³-hybridized carbons (Fsp3) is 0.783. The summed E-state index contributed by atoms with van der Waals surface area (Å²) in [7, 11) is -7.23. The quantitative estimate of drug-likeness (QED) is 0.137. The third kappa shape index (κ3) is 18.1. The van der Waals surface area contributed by atoms with Gasteiger partial charge < -0.3 is 3.87 Å². The molecular formula is C23H49F3O3OsP2SSi+6. The van der Waals surface area contributed by atoms with Crippen LogP contribution in [0.15, 0.2) is 0 Å². The van der Waals surface area contributed by atoms with Crippen LogP contribution in [0.3, 0.4) is 0 Å². The van der Waals surface area contributed by atoms with Crippen LogP contribution in [0.2, 0.25) is 11.1 Å². The largest absolute Gasteiger partial charge is 5.00 e. The van der Waals surface area contributed by atoms with E-state index in [2.05, 4.69) is 78.5 Å². The zero-order valence-corrected chi connectivity index (χ0v) is 30.1. The second-order valence-electron chi connectivity index (χ2n) is 9.82. The molecule has 0 aliphatic heterocycles. The minimum atomic E-state index is -5.44. The van der Waals surface area contributed by atoms with Gasteiger partial charge in [0.05, 0.1) is 0 Å². The average Bonchev–Trinajstić information content (AvgIpc) is 2.76. The van der Waals surface area contributed by atoms with Crippen LogP contribution in [0.1, 0.15) is 55.5 Å². The smallest absolute Gasteiger partial charge is 0.308 e. The van der Waals surface area contributed by atoms with Crippen molar-refractivity contribution in [1.82, 2.24) is 0 Å². The van der Waals surface area contributed by atoms with Gasteiger partial charge in [-0.05, 0) is 26.9 Å². The first kappa shape index (κ1) is 41.9. The van der Waals surface area contributed by atoms with Crippen LogP contribution in [0.25, 0.3) is 0 Å². The van der Waals surface area contributed by atoms with E-state index in [4.69, 9.17) is 0 Å². The molecule has 0 aliphatic rings. The van der Waals surface area contributed by atoms with Gasteiger partial charge in [0.2, 0.25) is 9.04 Å². The minimum absolute atomic E-state index is 0. The molecule has 0 heterocycles. The standard InChI is InChI=1S/C10H15.C7H14F3O3SSi.2C3H9P.Os/c1-6-7(2)9(4)10(5)8(6)3;1-5(2)15(6(3)4)13-14(11,12)7(8,9)10;2*1-4(2)3;/h1-5H3;5-6H,1-4H3;2*1-3H3;/q-1;;;;+5/p+2. The molecule has 0 fully saturated rings. The van der Waals surface area contributed by atoms with Gasteiger partial charge in [0.15, 0.2) is 0 Å². The van der Waals surface area contributed by atoms with Crippen molar-refractivity contribution in [2.75, 3.05) is 40.0 Å². The number of hydrogen-bond donors (Lipinski definition) is 0. The van der Waals surface area contributed by atoms with Crippen molar-refractivity contribution in [3.63, 3.8) is 0 Å². The Morgan fingerprint density at radius 1 is 0.794 bits per heavy atom. The zero-order valence-electron chi connectivity index (χ0n) is 23.8. The molecule has 202 valence electrons. The molecule has 0 amide bonds. The molecule has 11 heteroatoms. The van der Waals surface area contributed by atoms with E-state index in [1.807, 2.05) is 0 Å². The summed E-state index contributed by atoms with van der Waals surface area (Å²) >= 11 is 0. The second-order valence-corrected chi connectivity index (χ2v) is 21.0. The number of rotatable bonds is 4. The summed E-state index contributed by atoms with van der Waals surface area (Å²) in [6.07, 6.45) is 0. The Morgan fingerprint density at radius 3 is 1.15 bits per heavy atom. The Kier molecular flexibility index (Phi) is 23.3. The molecule has 0 saturated carbocycles. The molecular weight excluding hydrogens is 694 g/mol. The van der Waals surface area contributed by atoms with E-state index in [-0.39, 0.29) is 46.7 Å². The van der Waals surface area contributed by atoms with Crippen LogP contribution in [0.5, 0.6) is 0 Å². The third-order valence-electron chi connectivity index (χ3n) is 4.44. The summed E-state index contributed by atoms with van der Waals surface area (Å²) in [6, 6.07) is 0. The number of hydrogen-bond acceptors (Lipinski definition) is 3. The van der Waals surface area contributed by atoms with Crippen LogP contribution < -0.4 is 0 Å². The molecule has 34 heavy (non-hydrogen) atoms. The van der Waals surface area contributed by atoms with Gasteiger partial charge in [0.1, 0.15) is 0 Å². The first-order valence-electron chi connectivity index (χ1n) is 11.1. The van der Waals surface area contributed by atoms with Crippen molar-refractivity contribution in [1.29, 1.82) is 0 Å². The molecule has 0 unspecified atom stereocenters. The van der Waals surface area contributed by atoms with E-state index in [9.17, 15) is 21.6 Å². The molecule has 0 spiro atoms. The maximum atomic E-state index is 12.0. The van der Waals surface area contributed by atoms with Gasteiger partial charge in [-0.1, -0.05) is 62.3 Å². The fourth-order valence-electron chi connectivity index (χ4n) is 2.44. The van der Waals surface area contributed by atoms with Gasteiger partial charge in [0.25, 0.3) is 0 Å². The maximum Gasteiger partial charge on any atom is 5.00 e. The van der Waals surface area contributed by atoms with E-state index in [0.717, 1.165) is 0 Å². The van der Waals surface area contributed by atoms with Crippen molar-refractivity contribution in [3.8, 4) is 0 Å². The number of halogens is 3. The molecule has 0 saturated heterocycles. The summed E-state index contributed by atoms with van der Waals surface area (Å²) in [5, 5.41) is 0. The van der Waals surface area contributed by atoms with Gasteiger partial charge in [-0.3, -0.25) is 0 Å². The molecule has 0 aromatic heterocycles. The molecule has 3 nitrogen and oxygen atoms in total. The van der Waals surface area contributed by atoms with Crippen molar-refractivity contribution < 1.29 is 45.3 Å². The van der Waals surface area contributed by atoms with E-state index in [1.165, 1.54) is 27.8 Å². The summed E-state index contributed by atoms with van der Waals surface area (Å²) < 4.78 is 61.8. The van der Waals surface area contributed by atoms with E-state index < -0.39 is 24.7 Å². The van der Waals surface area contributed by atoms with E-state index in [1.54, 1.807) is 27.7 Å². The third-order valence-corrected chi connectivity index (χ3v) is 8.93. The Bertz CT molecular complexity index is 680. The maximum absolute atomic E-state index is 12.0. The van der Waals surface area contributed by atoms with Crippen molar-refractivity contribution >= 4 is 35.0 Å². The van der Waals surface area contributed by atoms with Gasteiger partial charge in [-0.2, -0.15) is 49.4 Å². The minimum Gasteiger partial charge on any atom is -0.308 e. The molecule has 1 aromatic carbocycles. The first-order valence-corrected chi connectivity index (χ1v) is 20.1. The number of alkyl halides is 3. The van der Waals surface area contributed by atoms with Crippen molar-refractivity contribution in [3.05, 3.63) is 27.8 Å². The molecule has 1 rings (SSSR count). The zero-order chi connectivity index (χ0) is 27.5. The summed E-state index contributed by atoms with van der Waals surface area (Å²) in [4.78, 5) is 0. The van der Waals surface area contributed by atoms with Crippen LogP contribution >= 0.6 is 15.8 Å². The topological polar surface area (TPSA) is 43.4 Å². The summed E-state index contributed by atoms with van der Waals surface area (Å²) in [5.74, 6) is 0. The Morgan fingerprint density at radius 2 is 1.03 bits per heavy atom. The van der Waals surface area contributed by atoms with E-state index in [0.29, 0.717) is 0 Å². The van der Waals surface area contributed by atoms with Gasteiger partial charge in [-0.25, -0.2) is 0 Å². The Hall–Kier alpha value is 0.763. The normalized spacial score (nSPS) is 11.5. The fourth-order valence-corrected chi connectivity index (χ4v) is 6.70. The van der Waals surface area contributed by atoms with Gasteiger partial charge >= 0.3 is 35.4 Å². The second kappa shape index (κ2) is 18.9. The SMILES string of the molecule is CC(C)[Si](OS(=O)(=O)C(F)(F)F)C(C)C.C[PH+](C)C.C[PH+](C)C.Cc1c(C)c(C)[c-](C)c1C.[Os+5].